The van der Waals surface area contributed by atoms with Crippen LogP contribution in [-0.4, -0.2) is 56.4 Å². The Morgan fingerprint density at radius 3 is 2.31 bits per heavy atom. The van der Waals surface area contributed by atoms with Gasteiger partial charge in [-0.3, -0.25) is 14.6 Å². The molecule has 0 radical (unpaired) electrons. The summed E-state index contributed by atoms with van der Waals surface area (Å²) in [6.07, 6.45) is 1.30. The molecule has 1 unspecified atom stereocenters. The Bertz CT molecular complexity index is 2720. The Morgan fingerprint density at radius 1 is 0.891 bits per heavy atom. The summed E-state index contributed by atoms with van der Waals surface area (Å²) in [5.74, 6) is 1.13. The third kappa shape index (κ3) is 9.65. The quantitative estimate of drug-likeness (QED) is 0.113. The summed E-state index contributed by atoms with van der Waals surface area (Å²) in [6.45, 7) is 9.85. The number of nitrogens with one attached hydrogen (secondary N) is 1. The van der Waals surface area contributed by atoms with Crippen molar-refractivity contribution in [3.63, 3.8) is 0 Å². The van der Waals surface area contributed by atoms with Gasteiger partial charge < -0.3 is 38.7 Å². The number of amides is 2. The molecule has 4 heterocycles. The zero-order valence-corrected chi connectivity index (χ0v) is 37.3. The molecular weight excluding hydrogens is 859 g/mol. The summed E-state index contributed by atoms with van der Waals surface area (Å²) >= 11 is 12.2. The number of benzene rings is 4. The van der Waals surface area contributed by atoms with E-state index in [9.17, 15) is 19.5 Å². The minimum Gasteiger partial charge on any atom is -0.489 e. The number of oxazole rings is 1. The molecule has 0 bridgehead atoms. The molecule has 0 saturated carbocycles. The number of hydrogen-bond acceptors (Lipinski definition) is 10. The summed E-state index contributed by atoms with van der Waals surface area (Å²) in [5.41, 5.74) is 5.76. The predicted octanol–water partition coefficient (Wildman–Crippen LogP) is 9.69. The molecular formula is C49H46Cl2N4O9. The van der Waals surface area contributed by atoms with Crippen LogP contribution in [0.25, 0.3) is 0 Å². The van der Waals surface area contributed by atoms with E-state index in [1.54, 1.807) is 55.6 Å². The van der Waals surface area contributed by atoms with Gasteiger partial charge in [0.15, 0.2) is 29.2 Å². The predicted molar refractivity (Wildman–Crippen MR) is 239 cm³/mol. The van der Waals surface area contributed by atoms with Crippen LogP contribution in [-0.2, 0) is 35.6 Å². The average molecular weight is 906 g/mol. The lowest BCUT2D eigenvalue weighted by atomic mass is 9.91. The standard InChI is InChI=1S/C49H46Cl2N4O9/c1-26(2)47-54-45(29(5)62-47)48(57)55-23-34-22-43-42(61-25-44(64-43)32-9-13-35(14-10-32)60-24-31-8-15-37(50)38(51)18-31)21-33(34)20-40(55)46(56)53-39(49(58)59)19-30-6-11-36(12-7-30)63-41-16-17-52-28(4)27(41)3/h6-18,21-22,26,39-40,44H,19-20,23-25H2,1-5H3,(H,53,56)(H,58,59)/t39?,40-,44+/m0/s1. The second kappa shape index (κ2) is 18.6. The maximum Gasteiger partial charge on any atom is 0.326 e. The van der Waals surface area contributed by atoms with Crippen molar-refractivity contribution in [2.45, 2.75) is 84.7 Å². The van der Waals surface area contributed by atoms with Gasteiger partial charge in [-0.15, -0.1) is 0 Å². The summed E-state index contributed by atoms with van der Waals surface area (Å²) in [5, 5.41) is 14.0. The number of aliphatic carboxylic acids is 1. The fraction of sp³-hybridized carbons (Fsp3) is 0.286. The van der Waals surface area contributed by atoms with Crippen molar-refractivity contribution in [2.24, 2.45) is 0 Å². The second-order valence-electron chi connectivity index (χ2n) is 16.2. The molecule has 2 aliphatic rings. The smallest absolute Gasteiger partial charge is 0.326 e. The van der Waals surface area contributed by atoms with Gasteiger partial charge in [0.25, 0.3) is 5.91 Å². The van der Waals surface area contributed by atoms with E-state index in [4.69, 9.17) is 46.6 Å². The van der Waals surface area contributed by atoms with E-state index in [2.05, 4.69) is 15.3 Å². The lowest BCUT2D eigenvalue weighted by molar-refractivity contribution is -0.142. The fourth-order valence-electron chi connectivity index (χ4n) is 7.59. The lowest BCUT2D eigenvalue weighted by Gasteiger charge is -2.37. The SMILES string of the molecule is Cc1nccc(Oc2ccc(CC(NC(=O)[C@@H]3Cc4cc5c(cc4CN3C(=O)c3nc(C(C)C)oc3C)O[C@@H](c3ccc(OCc4ccc(Cl)c(Cl)c4)cc3)CO5)C(=O)O)cc2)c1C. The molecule has 13 nitrogen and oxygen atoms in total. The van der Waals surface area contributed by atoms with E-state index < -0.39 is 36.0 Å². The second-order valence-corrected chi connectivity index (χ2v) is 17.0. The van der Waals surface area contributed by atoms with Gasteiger partial charge in [0.1, 0.15) is 48.3 Å². The number of nitrogens with zero attached hydrogens (tertiary/aromatic N) is 3. The van der Waals surface area contributed by atoms with Gasteiger partial charge in [0.2, 0.25) is 5.91 Å². The van der Waals surface area contributed by atoms with E-state index in [-0.39, 0.29) is 37.6 Å². The van der Waals surface area contributed by atoms with Crippen molar-refractivity contribution in [3.8, 4) is 28.7 Å². The van der Waals surface area contributed by atoms with Crippen molar-refractivity contribution in [1.82, 2.24) is 20.2 Å². The van der Waals surface area contributed by atoms with Gasteiger partial charge in [-0.2, -0.15) is 0 Å². The summed E-state index contributed by atoms with van der Waals surface area (Å²) in [7, 11) is 0. The topological polar surface area (TPSA) is 163 Å². The first kappa shape index (κ1) is 44.1. The van der Waals surface area contributed by atoms with E-state index in [1.165, 1.54) is 4.90 Å². The van der Waals surface area contributed by atoms with Crippen LogP contribution >= 0.6 is 23.2 Å². The molecule has 0 spiro atoms. The highest BCUT2D eigenvalue weighted by molar-refractivity contribution is 6.42. The van der Waals surface area contributed by atoms with E-state index in [0.29, 0.717) is 62.6 Å². The Balaban J connectivity index is 0.994. The van der Waals surface area contributed by atoms with Crippen LogP contribution in [0.1, 0.15) is 87.1 Å². The molecule has 8 rings (SSSR count). The van der Waals surface area contributed by atoms with Gasteiger partial charge in [-0.05, 0) is 103 Å². The van der Waals surface area contributed by atoms with Gasteiger partial charge in [0, 0.05) is 42.8 Å². The number of pyridine rings is 1. The molecule has 0 saturated heterocycles. The third-order valence-electron chi connectivity index (χ3n) is 11.4. The van der Waals surface area contributed by atoms with E-state index in [1.807, 2.05) is 70.2 Å². The van der Waals surface area contributed by atoms with Crippen LogP contribution < -0.4 is 24.3 Å². The molecule has 0 aliphatic carbocycles. The number of aromatic nitrogens is 2. The molecule has 2 aliphatic heterocycles. The normalized spacial score (nSPS) is 15.9. The van der Waals surface area contributed by atoms with E-state index >= 15 is 0 Å². The number of carbonyl (C=O) groups is 3. The van der Waals surface area contributed by atoms with Gasteiger partial charge in [0.05, 0.1) is 10.0 Å². The summed E-state index contributed by atoms with van der Waals surface area (Å²) in [6, 6.07) is 23.0. The molecule has 2 amide bonds. The molecule has 0 fully saturated rings. The maximum absolute atomic E-state index is 14.4. The van der Waals surface area contributed by atoms with Gasteiger partial charge >= 0.3 is 5.97 Å². The van der Waals surface area contributed by atoms with Crippen molar-refractivity contribution in [2.75, 3.05) is 6.61 Å². The first-order valence-corrected chi connectivity index (χ1v) is 21.6. The van der Waals surface area contributed by atoms with Crippen LogP contribution in [0.4, 0.5) is 0 Å². The number of halogens is 2. The number of carbonyl (C=O) groups excluding carboxylic acids is 2. The van der Waals surface area contributed by atoms with Crippen LogP contribution in [0.15, 0.2) is 95.5 Å². The molecule has 3 atom stereocenters. The highest BCUT2D eigenvalue weighted by Crippen LogP contribution is 2.41. The molecule has 2 aromatic heterocycles. The number of rotatable bonds is 13. The minimum atomic E-state index is -1.30. The average Bonchev–Trinajstić information content (AvgIpc) is 3.69. The van der Waals surface area contributed by atoms with Crippen molar-refractivity contribution in [3.05, 3.63) is 158 Å². The fourth-order valence-corrected chi connectivity index (χ4v) is 7.91. The molecule has 15 heteroatoms. The highest BCUT2D eigenvalue weighted by Gasteiger charge is 2.40. The number of hydrogen-bond donors (Lipinski definition) is 2. The van der Waals surface area contributed by atoms with Crippen LogP contribution in [0.2, 0.25) is 10.0 Å². The molecule has 6 aromatic rings. The Hall–Kier alpha value is -6.57. The zero-order chi connectivity index (χ0) is 45.2. The monoisotopic (exact) mass is 904 g/mol. The molecule has 64 heavy (non-hydrogen) atoms. The Kier molecular flexibility index (Phi) is 12.8. The highest BCUT2D eigenvalue weighted by atomic mass is 35.5. The van der Waals surface area contributed by atoms with Crippen LogP contribution in [0.5, 0.6) is 28.7 Å². The maximum atomic E-state index is 14.4. The zero-order valence-electron chi connectivity index (χ0n) is 35.8. The molecule has 330 valence electrons. The first-order chi connectivity index (χ1) is 30.7. The first-order valence-electron chi connectivity index (χ1n) is 20.8. The van der Waals surface area contributed by atoms with Gasteiger partial charge in [-0.1, -0.05) is 67.4 Å². The van der Waals surface area contributed by atoms with Crippen molar-refractivity contribution < 1.29 is 42.9 Å². The number of carboxylic acids is 1. The largest absolute Gasteiger partial charge is 0.489 e. The number of fused-ring (bicyclic) bond motifs is 2. The Labute approximate surface area is 380 Å². The molecule has 4 aromatic carbocycles. The van der Waals surface area contributed by atoms with Crippen molar-refractivity contribution >= 4 is 41.0 Å². The van der Waals surface area contributed by atoms with Crippen molar-refractivity contribution in [1.29, 1.82) is 0 Å². The van der Waals surface area contributed by atoms with Gasteiger partial charge in [-0.25, -0.2) is 9.78 Å². The van der Waals surface area contributed by atoms with Crippen LogP contribution in [0, 0.1) is 20.8 Å². The van der Waals surface area contributed by atoms with Crippen LogP contribution in [0.3, 0.4) is 0 Å². The summed E-state index contributed by atoms with van der Waals surface area (Å²) < 4.78 is 30.6. The number of ether oxygens (including phenoxy) is 4. The summed E-state index contributed by atoms with van der Waals surface area (Å²) in [4.78, 5) is 51.6. The Morgan fingerprint density at radius 2 is 1.61 bits per heavy atom. The molecule has 2 N–H and O–H groups in total. The lowest BCUT2D eigenvalue weighted by Crippen LogP contribution is -2.56. The third-order valence-corrected chi connectivity index (χ3v) is 12.1. The van der Waals surface area contributed by atoms with E-state index in [0.717, 1.165) is 33.5 Å². The number of aryl methyl sites for hydroxylation is 2. The minimum absolute atomic E-state index is 0.0113. The number of carboxylic acid groups (broad SMARTS) is 1.